The third kappa shape index (κ3) is 2.34. The van der Waals surface area contributed by atoms with Crippen LogP contribution in [0.25, 0.3) is 5.69 Å². The van der Waals surface area contributed by atoms with E-state index in [1.165, 1.54) is 0 Å². The molecule has 0 aliphatic heterocycles. The van der Waals surface area contributed by atoms with Crippen molar-refractivity contribution in [1.29, 1.82) is 0 Å². The Morgan fingerprint density at radius 2 is 2.00 bits per heavy atom. The van der Waals surface area contributed by atoms with Crippen molar-refractivity contribution >= 4 is 23.2 Å². The second-order valence-electron chi connectivity index (χ2n) is 2.40. The van der Waals surface area contributed by atoms with Gasteiger partial charge in [0.25, 0.3) is 6.33 Å². The van der Waals surface area contributed by atoms with Crippen LogP contribution < -0.4 is 28.7 Å². The van der Waals surface area contributed by atoms with E-state index in [4.69, 9.17) is 23.2 Å². The summed E-state index contributed by atoms with van der Waals surface area (Å²) in [4.78, 5) is 0. The number of aromatic nitrogens is 4. The normalized spacial score (nSPS) is 9.57. The first-order valence-corrected chi connectivity index (χ1v) is 4.26. The summed E-state index contributed by atoms with van der Waals surface area (Å²) < 4.78 is 1.63. The molecule has 0 fully saturated rings. The van der Waals surface area contributed by atoms with Gasteiger partial charge in [0.05, 0.1) is 10.0 Å². The molecule has 1 N–H and O–H groups in total. The Morgan fingerprint density at radius 3 is 2.57 bits per heavy atom. The lowest BCUT2D eigenvalue weighted by atomic mass is 10.3. The number of rotatable bonds is 1. The summed E-state index contributed by atoms with van der Waals surface area (Å²) in [6, 6.07) is 5.25. The molecule has 1 aromatic heterocycles. The van der Waals surface area contributed by atoms with Gasteiger partial charge in [-0.15, -0.1) is 4.68 Å². The molecule has 1 aromatic carbocycles. The molecule has 0 saturated heterocycles. The van der Waals surface area contributed by atoms with E-state index >= 15 is 0 Å². The standard InChI is InChI=1S/C7H4Cl2N4.HI/c8-6-2-1-5(3-7(6)9)13-4-10-11-12-13;/h1-4H;1H. The summed E-state index contributed by atoms with van der Waals surface area (Å²) in [5, 5.41) is 10.9. The quantitative estimate of drug-likeness (QED) is 0.501. The molecule has 0 bridgehead atoms. The van der Waals surface area contributed by atoms with Crippen molar-refractivity contribution in [2.45, 2.75) is 0 Å². The Morgan fingerprint density at radius 1 is 1.21 bits per heavy atom. The Kier molecular flexibility index (Phi) is 4.09. The van der Waals surface area contributed by atoms with Crippen molar-refractivity contribution in [1.82, 2.24) is 15.5 Å². The number of hydrogen-bond acceptors (Lipinski definition) is 2. The van der Waals surface area contributed by atoms with E-state index in [1.54, 1.807) is 23.1 Å². The molecule has 0 amide bonds. The smallest absolute Gasteiger partial charge is 0.293 e. The predicted octanol–water partition coefficient (Wildman–Crippen LogP) is -1.61. The summed E-state index contributed by atoms with van der Waals surface area (Å²) in [5.41, 5.74) is 0.833. The average molecular weight is 343 g/mol. The van der Waals surface area contributed by atoms with E-state index in [0.29, 0.717) is 10.0 Å². The first kappa shape index (κ1) is 11.7. The number of nitrogens with zero attached hydrogens (tertiary/aromatic N) is 3. The Labute approximate surface area is 107 Å². The molecule has 14 heavy (non-hydrogen) atoms. The van der Waals surface area contributed by atoms with Crippen LogP contribution in [0.2, 0.25) is 10.0 Å². The van der Waals surface area contributed by atoms with Crippen LogP contribution in [0.3, 0.4) is 0 Å². The molecule has 4 nitrogen and oxygen atoms in total. The fraction of sp³-hybridized carbons (Fsp3) is 0. The molecule has 0 aliphatic carbocycles. The third-order valence-corrected chi connectivity index (χ3v) is 2.30. The van der Waals surface area contributed by atoms with Gasteiger partial charge in [-0.3, -0.25) is 0 Å². The van der Waals surface area contributed by atoms with Gasteiger partial charge in [0.15, 0.2) is 5.21 Å². The van der Waals surface area contributed by atoms with Crippen LogP contribution in [-0.4, -0.2) is 15.5 Å². The minimum absolute atomic E-state index is 0. The molecular weight excluding hydrogens is 338 g/mol. The van der Waals surface area contributed by atoms with Crippen LogP contribution in [0.15, 0.2) is 24.5 Å². The number of halogens is 3. The monoisotopic (exact) mass is 342 g/mol. The number of nitrogens with one attached hydrogen (secondary N) is 1. The van der Waals surface area contributed by atoms with Crippen LogP contribution in [0.4, 0.5) is 0 Å². The number of tetrazole rings is 1. The number of aromatic amines is 1. The van der Waals surface area contributed by atoms with E-state index in [1.807, 2.05) is 6.07 Å². The maximum Gasteiger partial charge on any atom is 0.293 e. The molecule has 0 saturated carbocycles. The molecule has 7 heteroatoms. The SMILES string of the molecule is Clc1ccc(-[n+]2cnn[nH]2)cc1Cl.[I-]. The van der Waals surface area contributed by atoms with Gasteiger partial charge in [-0.05, 0) is 18.2 Å². The Hall–Kier alpha value is -0.400. The molecule has 0 unspecified atom stereocenters. The second-order valence-corrected chi connectivity index (χ2v) is 3.21. The Bertz CT molecular complexity index is 418. The first-order valence-electron chi connectivity index (χ1n) is 3.50. The van der Waals surface area contributed by atoms with E-state index in [-0.39, 0.29) is 24.0 Å². The van der Waals surface area contributed by atoms with E-state index in [9.17, 15) is 0 Å². The van der Waals surface area contributed by atoms with Gasteiger partial charge in [-0.1, -0.05) is 28.4 Å². The molecule has 0 radical (unpaired) electrons. The summed E-state index contributed by atoms with van der Waals surface area (Å²) in [6.45, 7) is 0. The fourth-order valence-corrected chi connectivity index (χ4v) is 1.23. The van der Waals surface area contributed by atoms with Crippen LogP contribution in [-0.2, 0) is 0 Å². The van der Waals surface area contributed by atoms with Crippen LogP contribution in [0.5, 0.6) is 0 Å². The summed E-state index contributed by atoms with van der Waals surface area (Å²) in [6.07, 6.45) is 1.54. The fourth-order valence-electron chi connectivity index (χ4n) is 0.937. The molecule has 0 spiro atoms. The molecule has 0 atom stereocenters. The zero-order valence-electron chi connectivity index (χ0n) is 6.78. The highest BCUT2D eigenvalue weighted by molar-refractivity contribution is 6.42. The van der Waals surface area contributed by atoms with Crippen molar-refractivity contribution in [3.63, 3.8) is 0 Å². The van der Waals surface area contributed by atoms with Gasteiger partial charge < -0.3 is 24.0 Å². The van der Waals surface area contributed by atoms with Crippen molar-refractivity contribution < 1.29 is 28.7 Å². The van der Waals surface area contributed by atoms with Crippen LogP contribution in [0, 0.1) is 0 Å². The number of hydrogen-bond donors (Lipinski definition) is 1. The number of H-pyrrole nitrogens is 1. The summed E-state index contributed by atoms with van der Waals surface area (Å²) in [7, 11) is 0. The first-order chi connectivity index (χ1) is 6.27. The average Bonchev–Trinajstić information content (AvgIpc) is 2.62. The van der Waals surface area contributed by atoms with Gasteiger partial charge in [0, 0.05) is 0 Å². The highest BCUT2D eigenvalue weighted by atomic mass is 127. The molecule has 0 aliphatic rings. The Balaban J connectivity index is 0.000000980. The van der Waals surface area contributed by atoms with Crippen molar-refractivity contribution in [3.05, 3.63) is 34.6 Å². The summed E-state index contributed by atoms with van der Waals surface area (Å²) in [5.74, 6) is 0. The zero-order chi connectivity index (χ0) is 9.26. The number of benzene rings is 1. The largest absolute Gasteiger partial charge is 1.00 e. The molecule has 1 heterocycles. The molecule has 2 aromatic rings. The highest BCUT2D eigenvalue weighted by Gasteiger charge is 2.05. The zero-order valence-corrected chi connectivity index (χ0v) is 10.5. The lowest BCUT2D eigenvalue weighted by Crippen LogP contribution is -3.00. The summed E-state index contributed by atoms with van der Waals surface area (Å²) >= 11 is 11.6. The van der Waals surface area contributed by atoms with Crippen molar-refractivity contribution in [3.8, 4) is 5.69 Å². The van der Waals surface area contributed by atoms with Crippen LogP contribution >= 0.6 is 23.2 Å². The van der Waals surface area contributed by atoms with Crippen molar-refractivity contribution in [2.75, 3.05) is 0 Å². The predicted molar refractivity (Wildman–Crippen MR) is 47.9 cm³/mol. The topological polar surface area (TPSA) is 45.5 Å². The maximum atomic E-state index is 5.83. The second kappa shape index (κ2) is 4.90. The highest BCUT2D eigenvalue weighted by Crippen LogP contribution is 2.22. The van der Waals surface area contributed by atoms with E-state index in [0.717, 1.165) is 5.69 Å². The van der Waals surface area contributed by atoms with E-state index in [2.05, 4.69) is 15.5 Å². The molecular formula is C7H5Cl2IN4. The van der Waals surface area contributed by atoms with Crippen LogP contribution in [0.1, 0.15) is 0 Å². The van der Waals surface area contributed by atoms with Gasteiger partial charge in [0.1, 0.15) is 10.8 Å². The van der Waals surface area contributed by atoms with E-state index < -0.39 is 0 Å². The molecule has 74 valence electrons. The third-order valence-electron chi connectivity index (χ3n) is 1.56. The van der Waals surface area contributed by atoms with Crippen molar-refractivity contribution in [2.24, 2.45) is 0 Å². The minimum atomic E-state index is 0. The maximum absolute atomic E-state index is 5.83. The van der Waals surface area contributed by atoms with Gasteiger partial charge in [-0.2, -0.15) is 0 Å². The lowest BCUT2D eigenvalue weighted by Gasteiger charge is -1.97. The van der Waals surface area contributed by atoms with Gasteiger partial charge >= 0.3 is 0 Å². The minimum Gasteiger partial charge on any atom is -1.00 e. The lowest BCUT2D eigenvalue weighted by molar-refractivity contribution is -0.660. The van der Waals surface area contributed by atoms with Gasteiger partial charge in [0.2, 0.25) is 0 Å². The molecule has 2 rings (SSSR count). The van der Waals surface area contributed by atoms with Gasteiger partial charge in [-0.25, -0.2) is 0 Å².